The van der Waals surface area contributed by atoms with Crippen LogP contribution in [-0.2, 0) is 0 Å². The second kappa shape index (κ2) is 20.3. The van der Waals surface area contributed by atoms with Crippen LogP contribution in [0.1, 0.15) is 0 Å². The van der Waals surface area contributed by atoms with Crippen molar-refractivity contribution in [3.05, 3.63) is 315 Å². The molecule has 0 saturated heterocycles. The predicted molar refractivity (Wildman–Crippen MR) is 393 cm³/mol. The summed E-state index contributed by atoms with van der Waals surface area (Å²) in [4.78, 5) is 0. The van der Waals surface area contributed by atoms with Crippen molar-refractivity contribution in [1.29, 1.82) is 0 Å². The topological polar surface area (TPSA) is 0 Å². The standard InChI is InChI=1S/C88H52S2/c1-2-19-60-50-62(41-36-53(60)16-1)61-20-15-21-63(51-61)82-72-28-11-13-30-74(72)84(75-31-14-12-29-73(75)82)77-48-47-66(86-78-46-42-57-18-4-6-23-67(57)87(78)90-88(77)86)58-37-32-54(33-38-58)55-34-39-59(40-35-55)81-68-24-7-9-26-70(68)83(71-27-10-8-25-69(71)81)64-43-45-76-80(52-64)89-79-49-44-56-17-3-5-22-65(56)85(76)79/h1-52H. The van der Waals surface area contributed by atoms with Crippen LogP contribution in [0, 0.1) is 0 Å². The van der Waals surface area contributed by atoms with Gasteiger partial charge >= 0.3 is 0 Å². The summed E-state index contributed by atoms with van der Waals surface area (Å²) in [7, 11) is 0. The van der Waals surface area contributed by atoms with Crippen LogP contribution in [0.2, 0.25) is 0 Å². The number of hydrogen-bond acceptors (Lipinski definition) is 2. The lowest BCUT2D eigenvalue weighted by Crippen LogP contribution is -1.92. The molecule has 0 N–H and O–H groups in total. The van der Waals surface area contributed by atoms with E-state index in [4.69, 9.17) is 0 Å². The fraction of sp³-hybridized carbons (Fsp3) is 0. The molecule has 0 saturated carbocycles. The van der Waals surface area contributed by atoms with E-state index in [0.717, 1.165) is 0 Å². The molecule has 416 valence electrons. The highest BCUT2D eigenvalue weighted by atomic mass is 32.1. The minimum atomic E-state index is 1.19. The Bertz CT molecular complexity index is 6080. The van der Waals surface area contributed by atoms with Gasteiger partial charge in [-0.25, -0.2) is 0 Å². The number of benzene rings is 17. The van der Waals surface area contributed by atoms with Crippen LogP contribution in [0.25, 0.3) is 194 Å². The molecule has 0 fully saturated rings. The van der Waals surface area contributed by atoms with Crippen molar-refractivity contribution in [3.63, 3.8) is 0 Å². The fourth-order valence-corrected chi connectivity index (χ4v) is 17.7. The van der Waals surface area contributed by atoms with Crippen molar-refractivity contribution in [1.82, 2.24) is 0 Å². The quantitative estimate of drug-likeness (QED) is 0.140. The number of thiophene rings is 2. The molecule has 0 aliphatic carbocycles. The van der Waals surface area contributed by atoms with E-state index in [1.807, 2.05) is 22.7 Å². The Balaban J connectivity index is 0.713. The highest BCUT2D eigenvalue weighted by Crippen LogP contribution is 2.52. The Morgan fingerprint density at radius 2 is 0.589 bits per heavy atom. The van der Waals surface area contributed by atoms with Crippen molar-refractivity contribution in [3.8, 4) is 77.9 Å². The number of hydrogen-bond donors (Lipinski definition) is 0. The highest BCUT2D eigenvalue weighted by molar-refractivity contribution is 7.27. The molecular formula is C88H52S2. The van der Waals surface area contributed by atoms with Crippen molar-refractivity contribution < 1.29 is 0 Å². The second-order valence-corrected chi connectivity index (χ2v) is 26.2. The van der Waals surface area contributed by atoms with Gasteiger partial charge < -0.3 is 0 Å². The van der Waals surface area contributed by atoms with E-state index in [1.165, 1.54) is 194 Å². The van der Waals surface area contributed by atoms with Gasteiger partial charge in [0.25, 0.3) is 0 Å². The fourth-order valence-electron chi connectivity index (χ4n) is 15.1. The lowest BCUT2D eigenvalue weighted by molar-refractivity contribution is 1.60. The first kappa shape index (κ1) is 51.1. The highest BCUT2D eigenvalue weighted by Gasteiger charge is 2.24. The molecule has 90 heavy (non-hydrogen) atoms. The molecule has 2 aromatic heterocycles. The summed E-state index contributed by atoms with van der Waals surface area (Å²) in [6, 6.07) is 118. The van der Waals surface area contributed by atoms with Gasteiger partial charge in [0, 0.05) is 45.9 Å². The summed E-state index contributed by atoms with van der Waals surface area (Å²) in [6.07, 6.45) is 0. The molecule has 19 rings (SSSR count). The molecular weight excluding hydrogens is 1120 g/mol. The molecule has 0 radical (unpaired) electrons. The first-order chi connectivity index (χ1) is 44.6. The first-order valence-electron chi connectivity index (χ1n) is 31.0. The molecule has 2 heteroatoms. The summed E-state index contributed by atoms with van der Waals surface area (Å²) >= 11 is 3.84. The van der Waals surface area contributed by atoms with Gasteiger partial charge in [0.15, 0.2) is 0 Å². The van der Waals surface area contributed by atoms with Gasteiger partial charge in [0.1, 0.15) is 0 Å². The Hall–Kier alpha value is -11.0. The van der Waals surface area contributed by atoms with Crippen LogP contribution in [-0.4, -0.2) is 0 Å². The third kappa shape index (κ3) is 7.92. The smallest absolute Gasteiger partial charge is 0.0440 e. The first-order valence-corrected chi connectivity index (χ1v) is 32.7. The van der Waals surface area contributed by atoms with E-state index >= 15 is 0 Å². The Morgan fingerprint density at radius 1 is 0.167 bits per heavy atom. The van der Waals surface area contributed by atoms with Gasteiger partial charge in [-0.1, -0.05) is 291 Å². The molecule has 0 unspecified atom stereocenters. The molecule has 19 aromatic rings. The summed E-state index contributed by atoms with van der Waals surface area (Å²) in [6.45, 7) is 0. The molecule has 17 aromatic carbocycles. The van der Waals surface area contributed by atoms with Gasteiger partial charge in [0.05, 0.1) is 0 Å². The van der Waals surface area contributed by atoms with E-state index in [9.17, 15) is 0 Å². The number of fused-ring (bicyclic) bond motifs is 15. The van der Waals surface area contributed by atoms with E-state index in [2.05, 4.69) is 315 Å². The predicted octanol–water partition coefficient (Wildman–Crippen LogP) is 26.2. The molecule has 0 atom stereocenters. The monoisotopic (exact) mass is 1170 g/mol. The normalized spacial score (nSPS) is 12.0. The van der Waals surface area contributed by atoms with Gasteiger partial charge in [-0.2, -0.15) is 0 Å². The maximum absolute atomic E-state index is 2.43. The van der Waals surface area contributed by atoms with Crippen molar-refractivity contribution in [2.75, 3.05) is 0 Å². The maximum Gasteiger partial charge on any atom is 0.0440 e. The van der Waals surface area contributed by atoms with Crippen LogP contribution in [0.15, 0.2) is 315 Å². The summed E-state index contributed by atoms with van der Waals surface area (Å²) in [5.41, 5.74) is 17.3. The zero-order chi connectivity index (χ0) is 59.0. The van der Waals surface area contributed by atoms with Crippen LogP contribution >= 0.6 is 22.7 Å². The minimum Gasteiger partial charge on any atom is -0.135 e. The lowest BCUT2D eigenvalue weighted by atomic mass is 9.84. The SMILES string of the molecule is c1cc(-c2ccc3ccccc3c2)cc(-c2c3ccccc3c(-c3ccc(-c4ccc(-c5ccc(-c6c7ccccc7c(-c7ccc8c(c7)sc7ccc9ccccc9c78)c7ccccc67)cc5)cc4)c4c3sc3c5ccccc5ccc34)c3ccccc23)c1. The Labute approximate surface area is 528 Å². The second-order valence-electron chi connectivity index (χ2n) is 24.1. The molecule has 0 aliphatic heterocycles. The Morgan fingerprint density at radius 3 is 1.22 bits per heavy atom. The molecule has 0 aliphatic rings. The lowest BCUT2D eigenvalue weighted by Gasteiger charge is -2.19. The van der Waals surface area contributed by atoms with E-state index < -0.39 is 0 Å². The third-order valence-corrected chi connectivity index (χ3v) is 21.6. The van der Waals surface area contributed by atoms with E-state index in [1.54, 1.807) is 0 Å². The zero-order valence-corrected chi connectivity index (χ0v) is 50.5. The minimum absolute atomic E-state index is 1.19. The van der Waals surface area contributed by atoms with Gasteiger partial charge in [-0.15, -0.1) is 22.7 Å². The van der Waals surface area contributed by atoms with E-state index in [0.29, 0.717) is 0 Å². The van der Waals surface area contributed by atoms with Gasteiger partial charge in [0.2, 0.25) is 0 Å². The van der Waals surface area contributed by atoms with Crippen LogP contribution in [0.5, 0.6) is 0 Å². The van der Waals surface area contributed by atoms with Crippen molar-refractivity contribution in [2.24, 2.45) is 0 Å². The van der Waals surface area contributed by atoms with Crippen molar-refractivity contribution >= 4 is 138 Å². The van der Waals surface area contributed by atoms with Gasteiger partial charge in [-0.05, 0) is 172 Å². The van der Waals surface area contributed by atoms with Crippen LogP contribution in [0.4, 0.5) is 0 Å². The largest absolute Gasteiger partial charge is 0.135 e. The summed E-state index contributed by atoms with van der Waals surface area (Å²) in [5, 5.41) is 23.0. The zero-order valence-electron chi connectivity index (χ0n) is 48.8. The Kier molecular flexibility index (Phi) is 11.5. The summed E-state index contributed by atoms with van der Waals surface area (Å²) < 4.78 is 5.27. The third-order valence-electron chi connectivity index (χ3n) is 19.2. The molecule has 0 amide bonds. The molecule has 0 bridgehead atoms. The molecule has 0 spiro atoms. The van der Waals surface area contributed by atoms with Crippen LogP contribution < -0.4 is 0 Å². The molecule has 2 heterocycles. The van der Waals surface area contributed by atoms with E-state index in [-0.39, 0.29) is 0 Å². The van der Waals surface area contributed by atoms with Crippen molar-refractivity contribution in [2.45, 2.75) is 0 Å². The number of rotatable bonds is 7. The molecule has 0 nitrogen and oxygen atoms in total. The summed E-state index contributed by atoms with van der Waals surface area (Å²) in [5.74, 6) is 0. The maximum atomic E-state index is 2.43. The average molecular weight is 1170 g/mol. The average Bonchev–Trinajstić information content (AvgIpc) is 1.33. The van der Waals surface area contributed by atoms with Gasteiger partial charge in [-0.3, -0.25) is 0 Å². The van der Waals surface area contributed by atoms with Crippen LogP contribution in [0.3, 0.4) is 0 Å².